The molecule has 1 heterocycles. The number of amides is 1. The van der Waals surface area contributed by atoms with E-state index in [9.17, 15) is 13.2 Å². The molecule has 1 aromatic heterocycles. The van der Waals surface area contributed by atoms with Crippen LogP contribution in [0.5, 0.6) is 0 Å². The van der Waals surface area contributed by atoms with E-state index in [4.69, 9.17) is 4.74 Å². The number of hydrogen-bond donors (Lipinski definition) is 0. The van der Waals surface area contributed by atoms with Crippen molar-refractivity contribution in [3.63, 3.8) is 0 Å². The standard InChI is InChI=1S/C24H30N2O4S2/c1-6-30-12-11-26-21-13-17(4)18(5)14-22(21)31-24(26)25-23(27)15-19-7-9-20(10-8-19)32(28,29)16(2)3/h7-10,13-14,16H,6,11-12,15H2,1-5H3. The molecule has 0 atom stereocenters. The summed E-state index contributed by atoms with van der Waals surface area (Å²) in [6.45, 7) is 11.2. The zero-order chi connectivity index (χ0) is 23.5. The molecule has 8 heteroatoms. The molecule has 0 radical (unpaired) electrons. The minimum atomic E-state index is -3.33. The van der Waals surface area contributed by atoms with E-state index in [1.807, 2.05) is 11.5 Å². The monoisotopic (exact) mass is 474 g/mol. The molecule has 0 N–H and O–H groups in total. The quantitative estimate of drug-likeness (QED) is 0.458. The van der Waals surface area contributed by atoms with E-state index in [1.165, 1.54) is 22.5 Å². The molecule has 0 fully saturated rings. The maximum Gasteiger partial charge on any atom is 0.252 e. The second-order valence-electron chi connectivity index (χ2n) is 8.06. The van der Waals surface area contributed by atoms with Crippen LogP contribution in [0.15, 0.2) is 46.3 Å². The average molecular weight is 475 g/mol. The van der Waals surface area contributed by atoms with Gasteiger partial charge in [-0.05, 0) is 75.6 Å². The third-order valence-corrected chi connectivity index (χ3v) is 8.62. The fourth-order valence-corrected chi connectivity index (χ4v) is 5.53. The van der Waals surface area contributed by atoms with Crippen molar-refractivity contribution in [3.05, 3.63) is 57.9 Å². The highest BCUT2D eigenvalue weighted by Crippen LogP contribution is 2.22. The lowest BCUT2D eigenvalue weighted by Gasteiger charge is -2.08. The lowest BCUT2D eigenvalue weighted by atomic mass is 10.1. The van der Waals surface area contributed by atoms with Crippen LogP contribution in [0.4, 0.5) is 0 Å². The van der Waals surface area contributed by atoms with E-state index in [0.717, 1.165) is 15.8 Å². The van der Waals surface area contributed by atoms with Crippen molar-refractivity contribution in [2.75, 3.05) is 13.2 Å². The smallest absolute Gasteiger partial charge is 0.252 e. The number of hydrogen-bond acceptors (Lipinski definition) is 5. The second kappa shape index (κ2) is 10.1. The van der Waals surface area contributed by atoms with Crippen LogP contribution in [0.2, 0.25) is 0 Å². The van der Waals surface area contributed by atoms with Crippen molar-refractivity contribution in [2.45, 2.75) is 57.7 Å². The molecule has 0 unspecified atom stereocenters. The summed E-state index contributed by atoms with van der Waals surface area (Å²) in [5, 5.41) is -0.489. The van der Waals surface area contributed by atoms with Crippen LogP contribution in [0.1, 0.15) is 37.5 Å². The third kappa shape index (κ3) is 5.36. The molecule has 1 amide bonds. The van der Waals surface area contributed by atoms with Crippen molar-refractivity contribution >= 4 is 37.3 Å². The zero-order valence-corrected chi connectivity index (χ0v) is 20.8. The van der Waals surface area contributed by atoms with Crippen LogP contribution in [-0.4, -0.2) is 37.4 Å². The first-order chi connectivity index (χ1) is 15.1. The number of aryl methyl sites for hydroxylation is 2. The average Bonchev–Trinajstić information content (AvgIpc) is 3.04. The van der Waals surface area contributed by atoms with Gasteiger partial charge in [-0.1, -0.05) is 23.5 Å². The van der Waals surface area contributed by atoms with Crippen LogP contribution < -0.4 is 4.80 Å². The van der Waals surface area contributed by atoms with Crippen LogP contribution in [0, 0.1) is 13.8 Å². The number of fused-ring (bicyclic) bond motifs is 1. The van der Waals surface area contributed by atoms with Crippen LogP contribution in [0.3, 0.4) is 0 Å². The van der Waals surface area contributed by atoms with E-state index >= 15 is 0 Å². The molecule has 32 heavy (non-hydrogen) atoms. The summed E-state index contributed by atoms with van der Waals surface area (Å²) >= 11 is 1.49. The van der Waals surface area contributed by atoms with E-state index < -0.39 is 15.1 Å². The van der Waals surface area contributed by atoms with E-state index in [0.29, 0.717) is 24.6 Å². The minimum absolute atomic E-state index is 0.111. The second-order valence-corrected chi connectivity index (χ2v) is 11.6. The minimum Gasteiger partial charge on any atom is -0.380 e. The van der Waals surface area contributed by atoms with Gasteiger partial charge in [0.25, 0.3) is 5.91 Å². The summed E-state index contributed by atoms with van der Waals surface area (Å²) in [6.07, 6.45) is 0.111. The first-order valence-corrected chi connectivity index (χ1v) is 13.1. The molecule has 0 aliphatic carbocycles. The molecule has 172 valence electrons. The lowest BCUT2D eigenvalue weighted by Crippen LogP contribution is -2.20. The Labute approximate surface area is 193 Å². The van der Waals surface area contributed by atoms with Crippen molar-refractivity contribution in [1.82, 2.24) is 4.57 Å². The van der Waals surface area contributed by atoms with Crippen molar-refractivity contribution in [1.29, 1.82) is 0 Å². The summed E-state index contributed by atoms with van der Waals surface area (Å²) in [5.74, 6) is -0.269. The number of nitrogens with zero attached hydrogens (tertiary/aromatic N) is 2. The van der Waals surface area contributed by atoms with Gasteiger partial charge in [0.1, 0.15) is 0 Å². The number of carbonyl (C=O) groups excluding carboxylic acids is 1. The lowest BCUT2D eigenvalue weighted by molar-refractivity contribution is -0.117. The predicted molar refractivity (Wildman–Crippen MR) is 129 cm³/mol. The van der Waals surface area contributed by atoms with Gasteiger partial charge in [-0.15, -0.1) is 0 Å². The normalized spacial score (nSPS) is 12.8. The zero-order valence-electron chi connectivity index (χ0n) is 19.2. The van der Waals surface area contributed by atoms with Crippen LogP contribution in [-0.2, 0) is 32.3 Å². The highest BCUT2D eigenvalue weighted by Gasteiger charge is 2.19. The molecule has 3 rings (SSSR count). The third-order valence-electron chi connectivity index (χ3n) is 5.41. The number of rotatable bonds is 8. The van der Waals surface area contributed by atoms with Gasteiger partial charge < -0.3 is 9.30 Å². The molecular formula is C24H30N2O4S2. The highest BCUT2D eigenvalue weighted by atomic mass is 32.2. The Kier molecular flexibility index (Phi) is 7.69. The molecule has 0 bridgehead atoms. The molecule has 2 aromatic carbocycles. The Morgan fingerprint density at radius 1 is 1.12 bits per heavy atom. The molecular weight excluding hydrogens is 444 g/mol. The van der Waals surface area contributed by atoms with Gasteiger partial charge in [0, 0.05) is 13.2 Å². The molecule has 0 aliphatic heterocycles. The van der Waals surface area contributed by atoms with Crippen molar-refractivity contribution in [2.24, 2.45) is 4.99 Å². The molecule has 0 aliphatic rings. The number of aromatic nitrogens is 1. The number of ether oxygens (including phenoxy) is 1. The Hall–Kier alpha value is -2.29. The van der Waals surface area contributed by atoms with Gasteiger partial charge in [0.15, 0.2) is 14.6 Å². The fourth-order valence-electron chi connectivity index (χ4n) is 3.31. The van der Waals surface area contributed by atoms with Crippen LogP contribution >= 0.6 is 11.3 Å². The molecule has 0 spiro atoms. The number of sulfone groups is 1. The largest absolute Gasteiger partial charge is 0.380 e. The van der Waals surface area contributed by atoms with Gasteiger partial charge in [-0.2, -0.15) is 4.99 Å². The van der Waals surface area contributed by atoms with Gasteiger partial charge in [0.2, 0.25) is 0 Å². The first kappa shape index (κ1) is 24.4. The van der Waals surface area contributed by atoms with Gasteiger partial charge in [0.05, 0.1) is 33.4 Å². The van der Waals surface area contributed by atoms with E-state index in [1.54, 1.807) is 38.1 Å². The molecule has 0 saturated carbocycles. The first-order valence-electron chi connectivity index (χ1n) is 10.7. The number of carbonyl (C=O) groups is 1. The molecule has 0 saturated heterocycles. The van der Waals surface area contributed by atoms with Crippen molar-refractivity contribution < 1.29 is 17.9 Å². The Balaban J connectivity index is 1.90. The maximum atomic E-state index is 12.7. The van der Waals surface area contributed by atoms with Crippen molar-refractivity contribution in [3.8, 4) is 0 Å². The topological polar surface area (TPSA) is 77.7 Å². The number of benzene rings is 2. The number of thiazole rings is 1. The van der Waals surface area contributed by atoms with Gasteiger partial charge in [-0.3, -0.25) is 4.79 Å². The summed E-state index contributed by atoms with van der Waals surface area (Å²) < 4.78 is 33.2. The summed E-state index contributed by atoms with van der Waals surface area (Å²) in [4.78, 5) is 18.1. The molecule has 3 aromatic rings. The van der Waals surface area contributed by atoms with Gasteiger partial charge in [-0.25, -0.2) is 8.42 Å². The molecule has 6 nitrogen and oxygen atoms in total. The van der Waals surface area contributed by atoms with E-state index in [2.05, 4.69) is 31.0 Å². The predicted octanol–water partition coefficient (Wildman–Crippen LogP) is 4.21. The Morgan fingerprint density at radius 3 is 2.41 bits per heavy atom. The Morgan fingerprint density at radius 2 is 1.78 bits per heavy atom. The van der Waals surface area contributed by atoms with Gasteiger partial charge >= 0.3 is 0 Å². The Bertz CT molecular complexity index is 1280. The SMILES string of the molecule is CCOCCn1c(=NC(=O)Cc2ccc(S(=O)(=O)C(C)C)cc2)sc2cc(C)c(C)cc21. The van der Waals surface area contributed by atoms with Crippen LogP contribution in [0.25, 0.3) is 10.2 Å². The fraction of sp³-hybridized carbons (Fsp3) is 0.417. The van der Waals surface area contributed by atoms with E-state index in [-0.39, 0.29) is 17.2 Å². The highest BCUT2D eigenvalue weighted by molar-refractivity contribution is 7.92. The summed E-state index contributed by atoms with van der Waals surface area (Å²) in [6, 6.07) is 10.7. The maximum absolute atomic E-state index is 12.7. The summed E-state index contributed by atoms with van der Waals surface area (Å²) in [7, 11) is -3.33. The summed E-state index contributed by atoms with van der Waals surface area (Å²) in [5.41, 5.74) is 4.17.